The molecule has 3 aromatic carbocycles. The number of primary amides is 1. The summed E-state index contributed by atoms with van der Waals surface area (Å²) in [5.74, 6) is -1.73. The molecule has 26 heavy (non-hydrogen) atoms. The lowest BCUT2D eigenvalue weighted by Crippen LogP contribution is -2.17. The number of hydrogen-bond acceptors (Lipinski definition) is 2. The molecule has 0 aromatic heterocycles. The Bertz CT molecular complexity index is 956. The number of nitrogens with two attached hydrogens (primary N) is 1. The van der Waals surface area contributed by atoms with Crippen LogP contribution in [0.25, 0.3) is 0 Å². The van der Waals surface area contributed by atoms with Crippen LogP contribution < -0.4 is 11.1 Å². The molecule has 0 aliphatic rings. The van der Waals surface area contributed by atoms with Gasteiger partial charge in [-0.3, -0.25) is 4.79 Å². The van der Waals surface area contributed by atoms with E-state index in [1.807, 2.05) is 30.3 Å². The van der Waals surface area contributed by atoms with E-state index < -0.39 is 17.5 Å². The molecule has 0 unspecified atom stereocenters. The third-order valence-electron chi connectivity index (χ3n) is 4.06. The highest BCUT2D eigenvalue weighted by molar-refractivity contribution is 6.01. The molecular formula is C21H18F2N2O. The highest BCUT2D eigenvalue weighted by Gasteiger charge is 2.17. The summed E-state index contributed by atoms with van der Waals surface area (Å²) in [6, 6.07) is 16.4. The average Bonchev–Trinajstić information content (AvgIpc) is 2.57. The number of benzene rings is 3. The summed E-state index contributed by atoms with van der Waals surface area (Å²) in [4.78, 5) is 12.0. The number of halogens is 2. The van der Waals surface area contributed by atoms with Crippen molar-refractivity contribution in [1.82, 2.24) is 0 Å². The molecule has 0 aliphatic carbocycles. The van der Waals surface area contributed by atoms with Crippen LogP contribution in [-0.2, 0) is 6.42 Å². The molecule has 132 valence electrons. The summed E-state index contributed by atoms with van der Waals surface area (Å²) in [7, 11) is 0. The number of aryl methyl sites for hydroxylation is 1. The summed E-state index contributed by atoms with van der Waals surface area (Å²) < 4.78 is 28.3. The minimum atomic E-state index is -0.703. The molecule has 1 amide bonds. The smallest absolute Gasteiger partial charge is 0.251 e. The van der Waals surface area contributed by atoms with Crippen molar-refractivity contribution >= 4 is 17.3 Å². The molecule has 0 atom stereocenters. The second-order valence-corrected chi connectivity index (χ2v) is 6.12. The predicted molar refractivity (Wildman–Crippen MR) is 98.6 cm³/mol. The van der Waals surface area contributed by atoms with Crippen molar-refractivity contribution in [3.05, 3.63) is 94.6 Å². The van der Waals surface area contributed by atoms with Gasteiger partial charge < -0.3 is 11.1 Å². The minimum absolute atomic E-state index is 0.145. The lowest BCUT2D eigenvalue weighted by Gasteiger charge is -2.15. The normalized spacial score (nSPS) is 10.6. The summed E-state index contributed by atoms with van der Waals surface area (Å²) in [5.41, 5.74) is 8.09. The van der Waals surface area contributed by atoms with Crippen LogP contribution in [0.4, 0.5) is 20.2 Å². The Kier molecular flexibility index (Phi) is 4.98. The molecule has 0 heterocycles. The van der Waals surface area contributed by atoms with Gasteiger partial charge in [-0.25, -0.2) is 8.78 Å². The maximum Gasteiger partial charge on any atom is 0.251 e. The van der Waals surface area contributed by atoms with E-state index in [4.69, 9.17) is 5.73 Å². The van der Waals surface area contributed by atoms with Gasteiger partial charge in [0, 0.05) is 0 Å². The van der Waals surface area contributed by atoms with Gasteiger partial charge in [-0.05, 0) is 54.3 Å². The van der Waals surface area contributed by atoms with Gasteiger partial charge in [0.25, 0.3) is 5.91 Å². The van der Waals surface area contributed by atoms with Crippen LogP contribution in [0.15, 0.2) is 60.7 Å². The van der Waals surface area contributed by atoms with Crippen LogP contribution in [-0.4, -0.2) is 5.91 Å². The van der Waals surface area contributed by atoms with Crippen LogP contribution >= 0.6 is 0 Å². The molecule has 0 saturated heterocycles. The van der Waals surface area contributed by atoms with Crippen molar-refractivity contribution < 1.29 is 13.6 Å². The fraction of sp³-hybridized carbons (Fsp3) is 0.0952. The van der Waals surface area contributed by atoms with Crippen molar-refractivity contribution in [1.29, 1.82) is 0 Å². The van der Waals surface area contributed by atoms with E-state index in [0.717, 1.165) is 17.2 Å². The minimum Gasteiger partial charge on any atom is -0.366 e. The van der Waals surface area contributed by atoms with E-state index in [0.29, 0.717) is 12.0 Å². The topological polar surface area (TPSA) is 55.1 Å². The van der Waals surface area contributed by atoms with Gasteiger partial charge in [-0.2, -0.15) is 0 Å². The van der Waals surface area contributed by atoms with E-state index in [1.165, 1.54) is 18.2 Å². The molecule has 3 rings (SSSR count). The van der Waals surface area contributed by atoms with Crippen LogP contribution in [0.3, 0.4) is 0 Å². The third-order valence-corrected chi connectivity index (χ3v) is 4.06. The van der Waals surface area contributed by atoms with Gasteiger partial charge in [-0.15, -0.1) is 0 Å². The zero-order valence-corrected chi connectivity index (χ0v) is 14.2. The maximum absolute atomic E-state index is 14.2. The van der Waals surface area contributed by atoms with Crippen molar-refractivity contribution in [2.45, 2.75) is 13.3 Å². The largest absolute Gasteiger partial charge is 0.366 e. The molecule has 5 heteroatoms. The second-order valence-electron chi connectivity index (χ2n) is 6.12. The van der Waals surface area contributed by atoms with Gasteiger partial charge in [0.15, 0.2) is 0 Å². The van der Waals surface area contributed by atoms with Gasteiger partial charge in [0.2, 0.25) is 0 Å². The van der Waals surface area contributed by atoms with E-state index in [-0.39, 0.29) is 16.9 Å². The van der Waals surface area contributed by atoms with E-state index >= 15 is 0 Å². The maximum atomic E-state index is 14.2. The van der Waals surface area contributed by atoms with Crippen molar-refractivity contribution in [3.8, 4) is 0 Å². The predicted octanol–water partition coefficient (Wildman–Crippen LogP) is 4.71. The van der Waals surface area contributed by atoms with Gasteiger partial charge in [0.1, 0.15) is 11.6 Å². The number of nitrogens with one attached hydrogen (secondary N) is 1. The number of carbonyl (C=O) groups is 1. The monoisotopic (exact) mass is 352 g/mol. The Morgan fingerprint density at radius 3 is 2.38 bits per heavy atom. The number of carbonyl (C=O) groups excluding carboxylic acids is 1. The lowest BCUT2D eigenvalue weighted by atomic mass is 9.97. The molecule has 0 radical (unpaired) electrons. The highest BCUT2D eigenvalue weighted by atomic mass is 19.1. The molecule has 0 bridgehead atoms. The SMILES string of the molecule is Cc1ccc(Nc2cc(F)cc(Cc3ccccc3)c2C(N)=O)c(F)c1. The Balaban J connectivity index is 2.05. The van der Waals surface area contributed by atoms with Crippen LogP contribution in [0, 0.1) is 18.6 Å². The van der Waals surface area contributed by atoms with Gasteiger partial charge in [0.05, 0.1) is 16.9 Å². The lowest BCUT2D eigenvalue weighted by molar-refractivity contribution is 0.100. The van der Waals surface area contributed by atoms with E-state index in [2.05, 4.69) is 5.32 Å². The Hall–Kier alpha value is -3.21. The molecule has 0 spiro atoms. The summed E-state index contributed by atoms with van der Waals surface area (Å²) in [6.45, 7) is 1.77. The number of rotatable bonds is 5. The number of hydrogen-bond donors (Lipinski definition) is 2. The first-order chi connectivity index (χ1) is 12.4. The first-order valence-corrected chi connectivity index (χ1v) is 8.13. The molecule has 0 aliphatic heterocycles. The van der Waals surface area contributed by atoms with Gasteiger partial charge in [-0.1, -0.05) is 36.4 Å². The molecule has 3 aromatic rings. The fourth-order valence-corrected chi connectivity index (χ4v) is 2.87. The quantitative estimate of drug-likeness (QED) is 0.699. The average molecular weight is 352 g/mol. The Labute approximate surface area is 150 Å². The first kappa shape index (κ1) is 17.6. The Morgan fingerprint density at radius 2 is 1.73 bits per heavy atom. The van der Waals surface area contributed by atoms with Crippen LogP contribution in [0.2, 0.25) is 0 Å². The van der Waals surface area contributed by atoms with E-state index in [1.54, 1.807) is 13.0 Å². The van der Waals surface area contributed by atoms with Gasteiger partial charge >= 0.3 is 0 Å². The summed E-state index contributed by atoms with van der Waals surface area (Å²) in [6.07, 6.45) is 0.335. The molecular weight excluding hydrogens is 334 g/mol. The van der Waals surface area contributed by atoms with E-state index in [9.17, 15) is 13.6 Å². The van der Waals surface area contributed by atoms with Crippen LogP contribution in [0.5, 0.6) is 0 Å². The summed E-state index contributed by atoms with van der Waals surface area (Å²) in [5, 5.41) is 2.80. The molecule has 3 nitrogen and oxygen atoms in total. The third kappa shape index (κ3) is 3.88. The number of amides is 1. The van der Waals surface area contributed by atoms with Crippen LogP contribution in [0.1, 0.15) is 27.0 Å². The fourth-order valence-electron chi connectivity index (χ4n) is 2.87. The molecule has 3 N–H and O–H groups in total. The Morgan fingerprint density at radius 1 is 1.00 bits per heavy atom. The first-order valence-electron chi connectivity index (χ1n) is 8.13. The molecule has 0 fully saturated rings. The molecule has 0 saturated carbocycles. The number of anilines is 2. The van der Waals surface area contributed by atoms with Crippen molar-refractivity contribution in [2.75, 3.05) is 5.32 Å². The highest BCUT2D eigenvalue weighted by Crippen LogP contribution is 2.28. The zero-order valence-electron chi connectivity index (χ0n) is 14.2. The standard InChI is InChI=1S/C21H18F2N2O/c1-13-7-8-18(17(23)9-13)25-19-12-16(22)11-15(20(19)21(24)26)10-14-5-3-2-4-6-14/h2-9,11-12,25H,10H2,1H3,(H2,24,26). The van der Waals surface area contributed by atoms with Crippen molar-refractivity contribution in [2.24, 2.45) is 5.73 Å². The van der Waals surface area contributed by atoms with Crippen molar-refractivity contribution in [3.63, 3.8) is 0 Å². The summed E-state index contributed by atoms with van der Waals surface area (Å²) >= 11 is 0. The second kappa shape index (κ2) is 7.35. The zero-order chi connectivity index (χ0) is 18.7.